The molecule has 21 heavy (non-hydrogen) atoms. The molecule has 1 aliphatic carbocycles. The summed E-state index contributed by atoms with van der Waals surface area (Å²) < 4.78 is 0. The van der Waals surface area contributed by atoms with Gasteiger partial charge in [-0.3, -0.25) is 0 Å². The van der Waals surface area contributed by atoms with Crippen LogP contribution in [-0.4, -0.2) is 40.2 Å². The van der Waals surface area contributed by atoms with E-state index in [2.05, 4.69) is 17.6 Å². The summed E-state index contributed by atoms with van der Waals surface area (Å²) in [4.78, 5) is 23.7. The first-order valence-electron chi connectivity index (χ1n) is 7.79. The van der Waals surface area contributed by atoms with Gasteiger partial charge in [-0.2, -0.15) is 11.8 Å². The van der Waals surface area contributed by atoms with Crippen LogP contribution in [0.2, 0.25) is 0 Å². The average Bonchev–Trinajstić information content (AvgIpc) is 2.38. The van der Waals surface area contributed by atoms with Crippen LogP contribution in [0.3, 0.4) is 0 Å². The molecule has 1 aliphatic rings. The van der Waals surface area contributed by atoms with Crippen molar-refractivity contribution in [1.29, 1.82) is 0 Å². The first kappa shape index (κ1) is 18.1. The molecule has 2 amide bonds. The number of carboxylic acid groups (broad SMARTS) is 1. The van der Waals surface area contributed by atoms with E-state index in [1.54, 1.807) is 0 Å². The Morgan fingerprint density at radius 1 is 1.48 bits per heavy atom. The molecule has 0 radical (unpaired) electrons. The fourth-order valence-corrected chi connectivity index (χ4v) is 3.68. The molecule has 0 aromatic carbocycles. The second kappa shape index (κ2) is 8.51. The van der Waals surface area contributed by atoms with E-state index in [9.17, 15) is 14.7 Å². The summed E-state index contributed by atoms with van der Waals surface area (Å²) in [6.45, 7) is 6.10. The Bertz CT molecular complexity index is 365. The molecule has 1 fully saturated rings. The van der Waals surface area contributed by atoms with Crippen molar-refractivity contribution in [2.24, 2.45) is 5.92 Å². The lowest BCUT2D eigenvalue weighted by atomic mass is 9.76. The van der Waals surface area contributed by atoms with Crippen molar-refractivity contribution in [1.82, 2.24) is 10.6 Å². The Morgan fingerprint density at radius 2 is 2.19 bits per heavy atom. The molecule has 6 heteroatoms. The third-order valence-corrected chi connectivity index (χ3v) is 4.97. The van der Waals surface area contributed by atoms with Gasteiger partial charge >= 0.3 is 12.0 Å². The Balaban J connectivity index is 2.51. The zero-order valence-electron chi connectivity index (χ0n) is 13.3. The van der Waals surface area contributed by atoms with Crippen LogP contribution in [0.1, 0.15) is 52.9 Å². The molecule has 0 heterocycles. The summed E-state index contributed by atoms with van der Waals surface area (Å²) in [6.07, 6.45) is 3.79. The lowest BCUT2D eigenvalue weighted by Crippen LogP contribution is -2.59. The number of thioether (sulfide) groups is 1. The van der Waals surface area contributed by atoms with E-state index in [0.717, 1.165) is 30.8 Å². The number of hydrogen-bond donors (Lipinski definition) is 3. The Hall–Kier alpha value is -0.910. The second-order valence-electron chi connectivity index (χ2n) is 6.07. The lowest BCUT2D eigenvalue weighted by Gasteiger charge is -2.37. The highest BCUT2D eigenvalue weighted by Crippen LogP contribution is 2.32. The molecule has 1 rings (SSSR count). The summed E-state index contributed by atoms with van der Waals surface area (Å²) >= 11 is 1.84. The van der Waals surface area contributed by atoms with Crippen LogP contribution >= 0.6 is 11.8 Å². The second-order valence-corrected chi connectivity index (χ2v) is 7.47. The molecular formula is C15H28N2O3S. The molecular weight excluding hydrogens is 288 g/mol. The van der Waals surface area contributed by atoms with Gasteiger partial charge in [0.15, 0.2) is 0 Å². The van der Waals surface area contributed by atoms with Crippen LogP contribution in [0.15, 0.2) is 0 Å². The van der Waals surface area contributed by atoms with Gasteiger partial charge in [0, 0.05) is 6.04 Å². The largest absolute Gasteiger partial charge is 0.480 e. The molecule has 5 nitrogen and oxygen atoms in total. The molecule has 0 bridgehead atoms. The van der Waals surface area contributed by atoms with Gasteiger partial charge in [-0.15, -0.1) is 0 Å². The van der Waals surface area contributed by atoms with E-state index < -0.39 is 11.5 Å². The highest BCUT2D eigenvalue weighted by atomic mass is 32.2. The molecule has 0 aromatic heterocycles. The summed E-state index contributed by atoms with van der Waals surface area (Å²) in [5.74, 6) is 1.48. The van der Waals surface area contributed by atoms with Crippen molar-refractivity contribution in [2.45, 2.75) is 64.5 Å². The fraction of sp³-hybridized carbons (Fsp3) is 0.867. The zero-order chi connectivity index (χ0) is 15.9. The van der Waals surface area contributed by atoms with E-state index in [1.807, 2.05) is 25.6 Å². The molecule has 3 atom stereocenters. The maximum atomic E-state index is 12.1. The van der Waals surface area contributed by atoms with Crippen LogP contribution < -0.4 is 10.6 Å². The van der Waals surface area contributed by atoms with E-state index in [4.69, 9.17) is 0 Å². The topological polar surface area (TPSA) is 78.4 Å². The van der Waals surface area contributed by atoms with Gasteiger partial charge in [0.25, 0.3) is 0 Å². The molecule has 3 N–H and O–H groups in total. The molecule has 3 unspecified atom stereocenters. The SMILES string of the molecule is CCSCCC(C)NC(=O)NC1(C(=O)O)CCCC(C)C1. The van der Waals surface area contributed by atoms with Crippen molar-refractivity contribution in [3.05, 3.63) is 0 Å². The van der Waals surface area contributed by atoms with Crippen molar-refractivity contribution >= 4 is 23.8 Å². The molecule has 0 spiro atoms. The zero-order valence-corrected chi connectivity index (χ0v) is 14.1. The number of urea groups is 1. The van der Waals surface area contributed by atoms with Crippen molar-refractivity contribution < 1.29 is 14.7 Å². The standard InChI is InChI=1S/C15H28N2O3S/c1-4-21-9-7-12(3)16-14(20)17-15(13(18)19)8-5-6-11(2)10-15/h11-12H,4-10H2,1-3H3,(H,18,19)(H2,16,17,20). The molecule has 0 aromatic rings. The summed E-state index contributed by atoms with van der Waals surface area (Å²) in [5.41, 5.74) is -1.10. The van der Waals surface area contributed by atoms with Gasteiger partial charge in [-0.25, -0.2) is 9.59 Å². The van der Waals surface area contributed by atoms with Crippen molar-refractivity contribution in [3.8, 4) is 0 Å². The monoisotopic (exact) mass is 316 g/mol. The van der Waals surface area contributed by atoms with E-state index in [1.165, 1.54) is 0 Å². The third kappa shape index (κ3) is 5.77. The molecule has 0 saturated heterocycles. The van der Waals surface area contributed by atoms with Crippen LogP contribution in [0.4, 0.5) is 4.79 Å². The number of hydrogen-bond acceptors (Lipinski definition) is 3. The fourth-order valence-electron chi connectivity index (χ4n) is 2.87. The highest BCUT2D eigenvalue weighted by molar-refractivity contribution is 7.99. The van der Waals surface area contributed by atoms with Crippen LogP contribution in [0.5, 0.6) is 0 Å². The van der Waals surface area contributed by atoms with Gasteiger partial charge in [-0.1, -0.05) is 26.7 Å². The van der Waals surface area contributed by atoms with E-state index in [-0.39, 0.29) is 12.1 Å². The first-order valence-corrected chi connectivity index (χ1v) is 8.95. The Kier molecular flexibility index (Phi) is 7.35. The minimum atomic E-state index is -1.10. The summed E-state index contributed by atoms with van der Waals surface area (Å²) in [6, 6.07) is -0.309. The maximum Gasteiger partial charge on any atom is 0.329 e. The highest BCUT2D eigenvalue weighted by Gasteiger charge is 2.43. The molecule has 1 saturated carbocycles. The smallest absolute Gasteiger partial charge is 0.329 e. The van der Waals surface area contributed by atoms with Crippen LogP contribution in [-0.2, 0) is 4.79 Å². The minimum absolute atomic E-state index is 0.0518. The first-order chi connectivity index (χ1) is 9.89. The summed E-state index contributed by atoms with van der Waals surface area (Å²) in [7, 11) is 0. The molecule has 0 aliphatic heterocycles. The number of rotatable bonds is 7. The lowest BCUT2D eigenvalue weighted by molar-refractivity contribution is -0.146. The number of carbonyl (C=O) groups excluding carboxylic acids is 1. The van der Waals surface area contributed by atoms with Crippen LogP contribution in [0.25, 0.3) is 0 Å². The van der Waals surface area contributed by atoms with Gasteiger partial charge in [0.2, 0.25) is 0 Å². The number of aliphatic carboxylic acids is 1. The van der Waals surface area contributed by atoms with E-state index >= 15 is 0 Å². The Labute approximate surface area is 131 Å². The van der Waals surface area contributed by atoms with E-state index in [0.29, 0.717) is 18.8 Å². The normalized spacial score (nSPS) is 26.9. The molecule has 122 valence electrons. The van der Waals surface area contributed by atoms with Crippen molar-refractivity contribution in [3.63, 3.8) is 0 Å². The summed E-state index contributed by atoms with van der Waals surface area (Å²) in [5, 5.41) is 15.1. The number of carboxylic acids is 1. The maximum absolute atomic E-state index is 12.1. The third-order valence-electron chi connectivity index (χ3n) is 4.04. The number of carbonyl (C=O) groups is 2. The Morgan fingerprint density at radius 3 is 2.76 bits per heavy atom. The van der Waals surface area contributed by atoms with Gasteiger partial charge in [0.1, 0.15) is 5.54 Å². The van der Waals surface area contributed by atoms with Crippen LogP contribution in [0, 0.1) is 5.92 Å². The quantitative estimate of drug-likeness (QED) is 0.631. The number of amides is 2. The van der Waals surface area contributed by atoms with Gasteiger partial charge in [-0.05, 0) is 43.6 Å². The minimum Gasteiger partial charge on any atom is -0.480 e. The predicted molar refractivity (Wildman–Crippen MR) is 86.7 cm³/mol. The average molecular weight is 316 g/mol. The van der Waals surface area contributed by atoms with Gasteiger partial charge in [0.05, 0.1) is 0 Å². The number of nitrogens with one attached hydrogen (secondary N) is 2. The van der Waals surface area contributed by atoms with Crippen molar-refractivity contribution in [2.75, 3.05) is 11.5 Å². The predicted octanol–water partition coefficient (Wildman–Crippen LogP) is 2.85. The van der Waals surface area contributed by atoms with Gasteiger partial charge < -0.3 is 15.7 Å².